The van der Waals surface area contributed by atoms with Crippen LogP contribution in [-0.2, 0) is 11.3 Å². The molecule has 6 nitrogen and oxygen atoms in total. The molecule has 3 fully saturated rings. The second kappa shape index (κ2) is 12.1. The normalized spacial score (nSPS) is 24.3. The van der Waals surface area contributed by atoms with Crippen LogP contribution in [0.1, 0.15) is 60.9 Å². The molecule has 0 spiro atoms. The lowest BCUT2D eigenvalue weighted by Crippen LogP contribution is -2.49. The second-order valence-corrected chi connectivity index (χ2v) is 13.1. The monoisotopic (exact) mass is 541 g/mol. The predicted molar refractivity (Wildman–Crippen MR) is 155 cm³/mol. The molecular weight excluding hydrogens is 502 g/mol. The first-order valence-electron chi connectivity index (χ1n) is 14.0. The Kier molecular flexibility index (Phi) is 8.83. The fourth-order valence-electron chi connectivity index (χ4n) is 6.61. The average molecular weight is 542 g/mol. The highest BCUT2D eigenvalue weighted by Crippen LogP contribution is 2.40. The van der Waals surface area contributed by atoms with Gasteiger partial charge in [0.15, 0.2) is 0 Å². The molecule has 199 valence electrons. The Hall–Kier alpha value is -1.56. The van der Waals surface area contributed by atoms with Crippen LogP contribution in [0.4, 0.5) is 5.69 Å². The van der Waals surface area contributed by atoms with Crippen molar-refractivity contribution in [2.45, 2.75) is 64.4 Å². The lowest BCUT2D eigenvalue weighted by molar-refractivity contribution is -0.126. The fraction of sp³-hybridized carbons (Fsp3) is 0.643. The van der Waals surface area contributed by atoms with E-state index in [0.717, 1.165) is 50.3 Å². The van der Waals surface area contributed by atoms with Crippen LogP contribution < -0.4 is 10.2 Å². The van der Waals surface area contributed by atoms with Crippen molar-refractivity contribution in [3.05, 3.63) is 40.6 Å². The molecule has 0 saturated carbocycles. The number of fused-ring (bicyclic) bond motifs is 1. The molecule has 0 bridgehead atoms. The number of carbonyl (C=O) groups excluding carboxylic acids is 2. The Morgan fingerprint density at radius 1 is 1.08 bits per heavy atom. The number of piperidine rings is 3. The summed E-state index contributed by atoms with van der Waals surface area (Å²) >= 11 is 6.93. The van der Waals surface area contributed by atoms with E-state index in [1.807, 2.05) is 12.1 Å². The fourth-order valence-corrected chi connectivity index (χ4v) is 7.69. The Morgan fingerprint density at radius 2 is 1.78 bits per heavy atom. The number of nitrogens with one attached hydrogen (secondary N) is 1. The van der Waals surface area contributed by atoms with E-state index in [-0.39, 0.29) is 11.8 Å². The summed E-state index contributed by atoms with van der Waals surface area (Å²) in [5, 5.41) is 3.49. The number of carbonyl (C=O) groups is 2. The summed E-state index contributed by atoms with van der Waals surface area (Å²) in [5.41, 5.74) is 3.27. The number of anilines is 1. The average Bonchev–Trinajstić information content (AvgIpc) is 3.23. The van der Waals surface area contributed by atoms with Gasteiger partial charge in [0, 0.05) is 43.0 Å². The first-order valence-corrected chi connectivity index (χ1v) is 15.7. The quantitative estimate of drug-likeness (QED) is 0.293. The molecule has 4 aliphatic heterocycles. The summed E-state index contributed by atoms with van der Waals surface area (Å²) in [5.74, 6) is 1.44. The molecule has 2 atom stereocenters. The third kappa shape index (κ3) is 6.05. The van der Waals surface area contributed by atoms with Crippen LogP contribution in [0.25, 0.3) is 0 Å². The highest BCUT2D eigenvalue weighted by atomic mass is 35.5. The second-order valence-electron chi connectivity index (χ2n) is 11.2. The van der Waals surface area contributed by atoms with Crippen molar-refractivity contribution >= 4 is 44.6 Å². The van der Waals surface area contributed by atoms with E-state index in [9.17, 15) is 9.59 Å². The predicted octanol–water partition coefficient (Wildman–Crippen LogP) is 4.75. The number of amides is 2. The van der Waals surface area contributed by atoms with E-state index in [1.165, 1.54) is 57.9 Å². The minimum absolute atomic E-state index is 0.0926. The van der Waals surface area contributed by atoms with Crippen LogP contribution in [0, 0.1) is 11.8 Å². The number of hydrogen-bond acceptors (Lipinski definition) is 4. The van der Waals surface area contributed by atoms with Crippen molar-refractivity contribution in [1.82, 2.24) is 15.1 Å². The highest BCUT2D eigenvalue weighted by Gasteiger charge is 2.39. The van der Waals surface area contributed by atoms with E-state index >= 15 is 0 Å². The van der Waals surface area contributed by atoms with Crippen molar-refractivity contribution in [3.8, 4) is 0 Å². The van der Waals surface area contributed by atoms with Gasteiger partial charge in [-0.05, 0) is 88.2 Å². The molecule has 4 aliphatic rings. The van der Waals surface area contributed by atoms with Gasteiger partial charge in [0.05, 0.1) is 10.7 Å². The molecule has 0 aromatic heterocycles. The van der Waals surface area contributed by atoms with Gasteiger partial charge in [0.2, 0.25) is 5.91 Å². The molecule has 1 aromatic rings. The van der Waals surface area contributed by atoms with E-state index < -0.39 is 6.04 Å². The first-order chi connectivity index (χ1) is 17.9. The number of hydrogen-bond donors (Lipinski definition) is 1. The molecule has 2 unspecified atom stereocenters. The Morgan fingerprint density at radius 3 is 2.46 bits per heavy atom. The first kappa shape index (κ1) is 27.0. The Balaban J connectivity index is 1.14. The number of halogens is 1. The zero-order valence-electron chi connectivity index (χ0n) is 22.1. The van der Waals surface area contributed by atoms with E-state index in [4.69, 9.17) is 11.6 Å². The van der Waals surface area contributed by atoms with Gasteiger partial charge < -0.3 is 20.0 Å². The molecular formula is C28H40BClN4O2P. The van der Waals surface area contributed by atoms with Gasteiger partial charge in [-0.3, -0.25) is 9.59 Å². The number of rotatable bonds is 8. The van der Waals surface area contributed by atoms with Gasteiger partial charge in [-0.1, -0.05) is 25.0 Å². The zero-order chi connectivity index (χ0) is 25.9. The van der Waals surface area contributed by atoms with Crippen LogP contribution >= 0.6 is 20.1 Å². The van der Waals surface area contributed by atoms with Crippen molar-refractivity contribution in [1.29, 1.82) is 0 Å². The van der Waals surface area contributed by atoms with Crippen molar-refractivity contribution in [3.63, 3.8) is 0 Å². The minimum atomic E-state index is -0.456. The maximum atomic E-state index is 13.1. The van der Waals surface area contributed by atoms with Gasteiger partial charge in [0.1, 0.15) is 13.0 Å². The van der Waals surface area contributed by atoms with Gasteiger partial charge in [-0.15, -0.1) is 0 Å². The SMILES string of the molecule is C=C1CCC(N2Cc3c(ccc(N4CCC(CC5CCN(CCP[B]C)CC5)CC4)c3Cl)C2=O)C(=O)N1. The standard InChI is InChI=1S/C28H40BClN4O2P/c1-19-3-5-25(27(35)31-19)34-18-23-22(28(34)36)4-6-24(26(23)30)33-13-9-21(10-14-33)17-20-7-11-32(12-8-20)15-16-37-29-2/h4,6,20-21,25,37H,1,3,5,7-18H2,2H3,(H,31,35). The molecule has 3 saturated heterocycles. The summed E-state index contributed by atoms with van der Waals surface area (Å²) in [6, 6.07) is 3.47. The third-order valence-electron chi connectivity index (χ3n) is 8.85. The minimum Gasteiger partial charge on any atom is -0.370 e. The Labute approximate surface area is 229 Å². The maximum Gasteiger partial charge on any atom is 0.255 e. The number of likely N-dealkylation sites (tertiary alicyclic amines) is 1. The van der Waals surface area contributed by atoms with Gasteiger partial charge in [0.25, 0.3) is 5.91 Å². The van der Waals surface area contributed by atoms with Crippen LogP contribution in [0.15, 0.2) is 24.4 Å². The van der Waals surface area contributed by atoms with E-state index in [0.29, 0.717) is 30.0 Å². The van der Waals surface area contributed by atoms with Gasteiger partial charge in [-0.2, -0.15) is 8.46 Å². The summed E-state index contributed by atoms with van der Waals surface area (Å²) in [4.78, 5) is 32.4. The number of nitrogens with zero attached hydrogens (tertiary/aromatic N) is 3. The third-order valence-corrected chi connectivity index (χ3v) is 10.2. The van der Waals surface area contributed by atoms with E-state index in [1.54, 1.807) is 4.90 Å². The van der Waals surface area contributed by atoms with Gasteiger partial charge in [-0.25, -0.2) is 0 Å². The molecule has 2 amide bonds. The smallest absolute Gasteiger partial charge is 0.255 e. The molecule has 9 heteroatoms. The van der Waals surface area contributed by atoms with E-state index in [2.05, 4.69) is 35.5 Å². The number of allylic oxidation sites excluding steroid dienone is 1. The lowest BCUT2D eigenvalue weighted by atomic mass is 9.82. The summed E-state index contributed by atoms with van der Waals surface area (Å²) in [6.07, 6.45) is 9.12. The number of benzene rings is 1. The maximum absolute atomic E-state index is 13.1. The van der Waals surface area contributed by atoms with Gasteiger partial charge >= 0.3 is 0 Å². The molecule has 1 aromatic carbocycles. The molecule has 5 rings (SSSR count). The molecule has 37 heavy (non-hydrogen) atoms. The van der Waals surface area contributed by atoms with Crippen LogP contribution in [0.5, 0.6) is 0 Å². The largest absolute Gasteiger partial charge is 0.370 e. The van der Waals surface area contributed by atoms with Crippen LogP contribution in [0.2, 0.25) is 11.8 Å². The topological polar surface area (TPSA) is 55.9 Å². The lowest BCUT2D eigenvalue weighted by Gasteiger charge is -2.38. The summed E-state index contributed by atoms with van der Waals surface area (Å²) in [6.45, 7) is 14.6. The summed E-state index contributed by atoms with van der Waals surface area (Å²) < 4.78 is 0. The van der Waals surface area contributed by atoms with Crippen molar-refractivity contribution in [2.24, 2.45) is 11.8 Å². The Bertz CT molecular complexity index is 1020. The molecule has 1 radical (unpaired) electrons. The van der Waals surface area contributed by atoms with Crippen LogP contribution in [0.3, 0.4) is 0 Å². The van der Waals surface area contributed by atoms with Crippen molar-refractivity contribution < 1.29 is 9.59 Å². The summed E-state index contributed by atoms with van der Waals surface area (Å²) in [7, 11) is 1.00. The molecule has 0 aliphatic carbocycles. The van der Waals surface area contributed by atoms with Crippen molar-refractivity contribution in [2.75, 3.05) is 43.8 Å². The molecule has 1 N–H and O–H groups in total. The van der Waals surface area contributed by atoms with Crippen LogP contribution in [-0.4, -0.2) is 73.5 Å². The highest BCUT2D eigenvalue weighted by molar-refractivity contribution is 7.70. The zero-order valence-corrected chi connectivity index (χ0v) is 23.9. The molecule has 4 heterocycles.